The highest BCUT2D eigenvalue weighted by atomic mass is 16.5. The Morgan fingerprint density at radius 2 is 1.74 bits per heavy atom. The van der Waals surface area contributed by atoms with E-state index in [9.17, 15) is 4.79 Å². The number of aromatic nitrogens is 1. The highest BCUT2D eigenvalue weighted by molar-refractivity contribution is 5.78. The van der Waals surface area contributed by atoms with E-state index in [-0.39, 0.29) is 11.9 Å². The fourth-order valence-corrected chi connectivity index (χ4v) is 5.21. The number of carbonyl (C=O) groups is 1. The number of pyridine rings is 1. The van der Waals surface area contributed by atoms with Crippen LogP contribution in [-0.2, 0) is 11.2 Å². The summed E-state index contributed by atoms with van der Waals surface area (Å²) in [7, 11) is 2.19. The number of nitrogens with one attached hydrogen (secondary N) is 1. The topological polar surface area (TPSA) is 57.7 Å². The summed E-state index contributed by atoms with van der Waals surface area (Å²) in [5.41, 5.74) is 2.96. The molecule has 0 unspecified atom stereocenters. The van der Waals surface area contributed by atoms with Gasteiger partial charge in [0.15, 0.2) is 0 Å². The van der Waals surface area contributed by atoms with Crippen LogP contribution in [0.3, 0.4) is 0 Å². The first-order valence-electron chi connectivity index (χ1n) is 13.5. The zero-order valence-corrected chi connectivity index (χ0v) is 21.5. The van der Waals surface area contributed by atoms with E-state index < -0.39 is 0 Å². The van der Waals surface area contributed by atoms with Crippen LogP contribution in [0, 0.1) is 5.92 Å². The Morgan fingerprint density at radius 1 is 1.03 bits per heavy atom. The van der Waals surface area contributed by atoms with Crippen molar-refractivity contribution in [3.63, 3.8) is 0 Å². The average Bonchev–Trinajstić information content (AvgIpc) is 2.89. The predicted octanol–water partition coefficient (Wildman–Crippen LogP) is 4.39. The molecule has 1 saturated carbocycles. The zero-order valence-electron chi connectivity index (χ0n) is 21.5. The zero-order chi connectivity index (χ0) is 24.5. The number of nitrogens with zero attached hydrogens (tertiary/aromatic N) is 3. The normalized spacial score (nSPS) is 18.8. The van der Waals surface area contributed by atoms with Crippen molar-refractivity contribution in [2.45, 2.75) is 57.9 Å². The van der Waals surface area contributed by atoms with Crippen LogP contribution in [0.15, 0.2) is 42.6 Å². The molecule has 190 valence electrons. The van der Waals surface area contributed by atoms with E-state index in [2.05, 4.69) is 46.2 Å². The molecule has 35 heavy (non-hydrogen) atoms. The van der Waals surface area contributed by atoms with Gasteiger partial charge in [0.25, 0.3) is 0 Å². The fraction of sp³-hybridized carbons (Fsp3) is 0.586. The molecule has 4 rings (SSSR count). The molecule has 0 bridgehead atoms. The van der Waals surface area contributed by atoms with Gasteiger partial charge >= 0.3 is 0 Å². The quantitative estimate of drug-likeness (QED) is 0.513. The minimum absolute atomic E-state index is 0.0671. The summed E-state index contributed by atoms with van der Waals surface area (Å²) in [6.07, 6.45) is 9.61. The number of hydrogen-bond acceptors (Lipinski definition) is 5. The van der Waals surface area contributed by atoms with E-state index >= 15 is 0 Å². The fourth-order valence-electron chi connectivity index (χ4n) is 5.21. The average molecular weight is 479 g/mol. The largest absolute Gasteiger partial charge is 0.494 e. The van der Waals surface area contributed by atoms with Crippen LogP contribution < -0.4 is 10.1 Å². The van der Waals surface area contributed by atoms with Crippen molar-refractivity contribution < 1.29 is 9.53 Å². The van der Waals surface area contributed by atoms with Gasteiger partial charge in [-0.2, -0.15) is 0 Å². The van der Waals surface area contributed by atoms with Crippen molar-refractivity contribution in [3.8, 4) is 16.9 Å². The van der Waals surface area contributed by atoms with Crippen molar-refractivity contribution in [3.05, 3.63) is 48.3 Å². The lowest BCUT2D eigenvalue weighted by molar-refractivity contribution is -0.121. The smallest absolute Gasteiger partial charge is 0.226 e. The van der Waals surface area contributed by atoms with Crippen LogP contribution in [-0.4, -0.2) is 73.1 Å². The summed E-state index contributed by atoms with van der Waals surface area (Å²) in [6, 6.07) is 12.5. The molecule has 1 atom stereocenters. The molecule has 2 aliphatic rings. The van der Waals surface area contributed by atoms with E-state index in [1.54, 1.807) is 0 Å². The third-order valence-electron chi connectivity index (χ3n) is 7.58. The SMILES string of the molecule is C[C@@H](NC(=O)Cc1ccc(-c2ccc(OCCCN3CCN(C)CC3)cc2)cn1)C1CCCCC1. The Bertz CT molecular complexity index is 901. The third-order valence-corrected chi connectivity index (χ3v) is 7.58. The van der Waals surface area contributed by atoms with Crippen LogP contribution in [0.4, 0.5) is 0 Å². The maximum Gasteiger partial charge on any atom is 0.226 e. The van der Waals surface area contributed by atoms with E-state index in [4.69, 9.17) is 4.74 Å². The molecule has 1 aliphatic carbocycles. The summed E-state index contributed by atoms with van der Waals surface area (Å²) < 4.78 is 5.95. The van der Waals surface area contributed by atoms with Crippen LogP contribution in [0.5, 0.6) is 5.75 Å². The van der Waals surface area contributed by atoms with Gasteiger partial charge in [-0.15, -0.1) is 0 Å². The number of hydrogen-bond donors (Lipinski definition) is 1. The van der Waals surface area contributed by atoms with E-state index in [1.165, 1.54) is 32.1 Å². The van der Waals surface area contributed by atoms with Gasteiger partial charge in [-0.1, -0.05) is 37.5 Å². The summed E-state index contributed by atoms with van der Waals surface area (Å²) in [5, 5.41) is 3.19. The number of likely N-dealkylation sites (N-methyl/N-ethyl adjacent to an activating group) is 1. The highest BCUT2D eigenvalue weighted by Crippen LogP contribution is 2.26. The maximum atomic E-state index is 12.5. The molecule has 1 aliphatic heterocycles. The molecule has 2 aromatic rings. The molecule has 6 nitrogen and oxygen atoms in total. The van der Waals surface area contributed by atoms with Gasteiger partial charge < -0.3 is 19.9 Å². The second-order valence-corrected chi connectivity index (χ2v) is 10.3. The monoisotopic (exact) mass is 478 g/mol. The Labute approximate surface area is 211 Å². The Morgan fingerprint density at radius 3 is 2.43 bits per heavy atom. The molecule has 1 aromatic carbocycles. The molecular weight excluding hydrogens is 436 g/mol. The van der Waals surface area contributed by atoms with Crippen LogP contribution >= 0.6 is 0 Å². The summed E-state index contributed by atoms with van der Waals surface area (Å²) in [6.45, 7) is 8.61. The van der Waals surface area contributed by atoms with Crippen molar-refractivity contribution in [1.82, 2.24) is 20.1 Å². The second kappa shape index (κ2) is 13.0. The molecule has 6 heteroatoms. The molecule has 0 radical (unpaired) electrons. The number of rotatable bonds is 10. The third kappa shape index (κ3) is 8.04. The van der Waals surface area contributed by atoms with Gasteiger partial charge in [0.1, 0.15) is 5.75 Å². The molecular formula is C29H42N4O2. The van der Waals surface area contributed by atoms with Gasteiger partial charge in [0, 0.05) is 56.2 Å². The summed E-state index contributed by atoms with van der Waals surface area (Å²) >= 11 is 0. The molecule has 2 heterocycles. The standard InChI is InChI=1S/C29H42N4O2/c1-23(24-7-4-3-5-8-24)31-29(34)21-27-12-9-26(22-30-27)25-10-13-28(14-11-25)35-20-6-15-33-18-16-32(2)17-19-33/h9-14,22-24H,3-8,15-21H2,1-2H3,(H,31,34)/t23-/m1/s1. The van der Waals surface area contributed by atoms with Crippen LogP contribution in [0.1, 0.15) is 51.1 Å². The predicted molar refractivity (Wildman–Crippen MR) is 142 cm³/mol. The lowest BCUT2D eigenvalue weighted by Gasteiger charge is -2.32. The van der Waals surface area contributed by atoms with Gasteiger partial charge in [-0.05, 0) is 62.9 Å². The van der Waals surface area contributed by atoms with E-state index in [0.717, 1.165) is 68.3 Å². The Kier molecular flexibility index (Phi) is 9.55. The first kappa shape index (κ1) is 25.6. The number of ether oxygens (including phenoxy) is 1. The van der Waals surface area contributed by atoms with Crippen molar-refractivity contribution in [2.75, 3.05) is 46.4 Å². The van der Waals surface area contributed by atoms with Gasteiger partial charge in [0.05, 0.1) is 13.0 Å². The van der Waals surface area contributed by atoms with Crippen molar-refractivity contribution >= 4 is 5.91 Å². The second-order valence-electron chi connectivity index (χ2n) is 10.3. The molecule has 0 spiro atoms. The number of carbonyl (C=O) groups excluding carboxylic acids is 1. The van der Waals surface area contributed by atoms with Crippen molar-refractivity contribution in [1.29, 1.82) is 0 Å². The lowest BCUT2D eigenvalue weighted by atomic mass is 9.84. The summed E-state index contributed by atoms with van der Waals surface area (Å²) in [4.78, 5) is 21.9. The number of amides is 1. The number of benzene rings is 1. The van der Waals surface area contributed by atoms with E-state index in [1.807, 2.05) is 30.5 Å². The molecule has 1 N–H and O–H groups in total. The van der Waals surface area contributed by atoms with Gasteiger partial charge in [-0.3, -0.25) is 9.78 Å². The minimum atomic E-state index is 0.0671. The minimum Gasteiger partial charge on any atom is -0.494 e. The van der Waals surface area contributed by atoms with Crippen LogP contribution in [0.25, 0.3) is 11.1 Å². The summed E-state index contributed by atoms with van der Waals surface area (Å²) in [5.74, 6) is 1.59. The molecule has 1 saturated heterocycles. The maximum absolute atomic E-state index is 12.5. The molecule has 1 aromatic heterocycles. The van der Waals surface area contributed by atoms with Gasteiger partial charge in [0.2, 0.25) is 5.91 Å². The molecule has 1 amide bonds. The highest BCUT2D eigenvalue weighted by Gasteiger charge is 2.21. The van der Waals surface area contributed by atoms with Gasteiger partial charge in [-0.25, -0.2) is 0 Å². The van der Waals surface area contributed by atoms with Crippen molar-refractivity contribution in [2.24, 2.45) is 5.92 Å². The first-order valence-corrected chi connectivity index (χ1v) is 13.5. The Balaban J connectivity index is 1.19. The lowest BCUT2D eigenvalue weighted by Crippen LogP contribution is -2.44. The number of piperazine rings is 1. The first-order chi connectivity index (χ1) is 17.1. The molecule has 2 fully saturated rings. The Hall–Kier alpha value is -2.44. The van der Waals surface area contributed by atoms with Crippen LogP contribution in [0.2, 0.25) is 0 Å². The van der Waals surface area contributed by atoms with E-state index in [0.29, 0.717) is 12.3 Å².